The molecule has 0 heterocycles. The Hall–Kier alpha value is -2.38. The summed E-state index contributed by atoms with van der Waals surface area (Å²) in [6.07, 6.45) is 1.03. The van der Waals surface area contributed by atoms with Gasteiger partial charge in [-0.05, 0) is 45.4 Å². The second-order valence-electron chi connectivity index (χ2n) is 5.57. The van der Waals surface area contributed by atoms with E-state index in [1.54, 1.807) is 0 Å². The number of hydrogen-bond donors (Lipinski definition) is 1. The highest BCUT2D eigenvalue weighted by atomic mass is 14.5. The second-order valence-corrected chi connectivity index (χ2v) is 5.57. The first kappa shape index (κ1) is 12.4. The van der Waals surface area contributed by atoms with Gasteiger partial charge in [-0.1, -0.05) is 66.7 Å². The van der Waals surface area contributed by atoms with Crippen LogP contribution in [-0.4, -0.2) is 0 Å². The molecule has 0 aliphatic heterocycles. The van der Waals surface area contributed by atoms with Gasteiger partial charge in [-0.25, -0.2) is 0 Å². The van der Waals surface area contributed by atoms with Gasteiger partial charge in [0.15, 0.2) is 0 Å². The first-order chi connectivity index (χ1) is 10.4. The Morgan fingerprint density at radius 3 is 2.24 bits per heavy atom. The molecule has 0 spiro atoms. The largest absolute Gasteiger partial charge is 0.326 e. The summed E-state index contributed by atoms with van der Waals surface area (Å²) in [5.74, 6) is 0. The molecule has 3 aromatic carbocycles. The molecule has 0 unspecified atom stereocenters. The predicted molar refractivity (Wildman–Crippen MR) is 88.0 cm³/mol. The first-order valence-corrected chi connectivity index (χ1v) is 7.36. The lowest BCUT2D eigenvalue weighted by Gasteiger charge is -2.09. The molecule has 0 radical (unpaired) electrons. The van der Waals surface area contributed by atoms with Crippen LogP contribution in [-0.2, 0) is 13.0 Å². The highest BCUT2D eigenvalue weighted by molar-refractivity contribution is 5.84. The summed E-state index contributed by atoms with van der Waals surface area (Å²) in [5, 5.41) is 0. The van der Waals surface area contributed by atoms with Crippen molar-refractivity contribution in [2.75, 3.05) is 0 Å². The Labute approximate surface area is 125 Å². The summed E-state index contributed by atoms with van der Waals surface area (Å²) in [6, 6.07) is 23.9. The average Bonchev–Trinajstić information content (AvgIpc) is 2.94. The topological polar surface area (TPSA) is 26.0 Å². The van der Waals surface area contributed by atoms with Crippen LogP contribution in [0.5, 0.6) is 0 Å². The third-order valence-corrected chi connectivity index (χ3v) is 4.35. The minimum Gasteiger partial charge on any atom is -0.326 e. The van der Waals surface area contributed by atoms with E-state index in [1.807, 2.05) is 0 Å². The van der Waals surface area contributed by atoms with E-state index in [9.17, 15) is 0 Å². The summed E-state index contributed by atoms with van der Waals surface area (Å²) in [5.41, 5.74) is 15.1. The Morgan fingerprint density at radius 2 is 1.43 bits per heavy atom. The zero-order chi connectivity index (χ0) is 14.2. The van der Waals surface area contributed by atoms with Crippen LogP contribution < -0.4 is 5.73 Å². The molecule has 0 atom stereocenters. The van der Waals surface area contributed by atoms with Crippen molar-refractivity contribution in [3.8, 4) is 22.3 Å². The first-order valence-electron chi connectivity index (χ1n) is 7.36. The lowest BCUT2D eigenvalue weighted by molar-refractivity contribution is 1.07. The van der Waals surface area contributed by atoms with Gasteiger partial charge in [0.2, 0.25) is 0 Å². The van der Waals surface area contributed by atoms with E-state index in [-0.39, 0.29) is 0 Å². The van der Waals surface area contributed by atoms with Gasteiger partial charge < -0.3 is 5.73 Å². The molecule has 0 saturated heterocycles. The van der Waals surface area contributed by atoms with Crippen molar-refractivity contribution in [1.82, 2.24) is 0 Å². The fourth-order valence-electron chi connectivity index (χ4n) is 3.25. The van der Waals surface area contributed by atoms with E-state index < -0.39 is 0 Å². The fraction of sp³-hybridized carbons (Fsp3) is 0.100. The molecule has 1 nitrogen and oxygen atoms in total. The van der Waals surface area contributed by atoms with E-state index >= 15 is 0 Å². The molecule has 0 bridgehead atoms. The molecule has 1 aliphatic carbocycles. The SMILES string of the molecule is NCc1ccc(-c2cccc3c2Cc2ccccc2-3)cc1. The second kappa shape index (κ2) is 4.87. The van der Waals surface area contributed by atoms with Crippen LogP contribution in [0, 0.1) is 0 Å². The minimum atomic E-state index is 0.596. The van der Waals surface area contributed by atoms with Gasteiger partial charge in [-0.3, -0.25) is 0 Å². The third-order valence-electron chi connectivity index (χ3n) is 4.35. The fourth-order valence-corrected chi connectivity index (χ4v) is 3.25. The van der Waals surface area contributed by atoms with E-state index in [0.717, 1.165) is 6.42 Å². The third kappa shape index (κ3) is 1.98. The highest BCUT2D eigenvalue weighted by Gasteiger charge is 2.20. The predicted octanol–water partition coefficient (Wildman–Crippen LogP) is 4.38. The van der Waals surface area contributed by atoms with Gasteiger partial charge in [-0.2, -0.15) is 0 Å². The summed E-state index contributed by atoms with van der Waals surface area (Å²) in [7, 11) is 0. The number of nitrogens with two attached hydrogens (primary N) is 1. The summed E-state index contributed by atoms with van der Waals surface area (Å²) >= 11 is 0. The van der Waals surface area contributed by atoms with Gasteiger partial charge >= 0.3 is 0 Å². The Kier molecular flexibility index (Phi) is 2.87. The van der Waals surface area contributed by atoms with Crippen LogP contribution in [0.1, 0.15) is 16.7 Å². The minimum absolute atomic E-state index is 0.596. The summed E-state index contributed by atoms with van der Waals surface area (Å²) in [4.78, 5) is 0. The van der Waals surface area contributed by atoms with Gasteiger partial charge in [0.05, 0.1) is 0 Å². The molecule has 3 aromatic rings. The van der Waals surface area contributed by atoms with Crippen molar-refractivity contribution in [3.63, 3.8) is 0 Å². The molecule has 2 N–H and O–H groups in total. The van der Waals surface area contributed by atoms with E-state index in [0.29, 0.717) is 6.54 Å². The monoisotopic (exact) mass is 271 g/mol. The Morgan fingerprint density at radius 1 is 0.714 bits per heavy atom. The van der Waals surface area contributed by atoms with Crippen molar-refractivity contribution >= 4 is 0 Å². The zero-order valence-corrected chi connectivity index (χ0v) is 11.8. The van der Waals surface area contributed by atoms with E-state index in [1.165, 1.54) is 38.9 Å². The number of benzene rings is 3. The normalized spacial score (nSPS) is 12.0. The molecule has 0 aromatic heterocycles. The quantitative estimate of drug-likeness (QED) is 0.575. The molecular weight excluding hydrogens is 254 g/mol. The Balaban J connectivity index is 1.85. The lowest BCUT2D eigenvalue weighted by atomic mass is 9.95. The van der Waals surface area contributed by atoms with Crippen molar-refractivity contribution < 1.29 is 0 Å². The summed E-state index contributed by atoms with van der Waals surface area (Å²) in [6.45, 7) is 0.596. The molecule has 0 fully saturated rings. The van der Waals surface area contributed by atoms with Gasteiger partial charge in [0.1, 0.15) is 0 Å². The number of hydrogen-bond acceptors (Lipinski definition) is 1. The smallest absolute Gasteiger partial charge is 0.0178 e. The van der Waals surface area contributed by atoms with Crippen LogP contribution in [0.15, 0.2) is 66.7 Å². The van der Waals surface area contributed by atoms with Crippen LogP contribution in [0.25, 0.3) is 22.3 Å². The molecule has 1 heteroatoms. The number of fused-ring (bicyclic) bond motifs is 3. The van der Waals surface area contributed by atoms with Crippen LogP contribution >= 0.6 is 0 Å². The van der Waals surface area contributed by atoms with Crippen molar-refractivity contribution in [3.05, 3.63) is 83.4 Å². The van der Waals surface area contributed by atoms with Gasteiger partial charge in [-0.15, -0.1) is 0 Å². The van der Waals surface area contributed by atoms with Gasteiger partial charge in [0.25, 0.3) is 0 Å². The number of rotatable bonds is 2. The van der Waals surface area contributed by atoms with Crippen molar-refractivity contribution in [2.24, 2.45) is 5.73 Å². The molecule has 4 rings (SSSR count). The van der Waals surface area contributed by atoms with Crippen molar-refractivity contribution in [2.45, 2.75) is 13.0 Å². The van der Waals surface area contributed by atoms with Crippen LogP contribution in [0.3, 0.4) is 0 Å². The zero-order valence-electron chi connectivity index (χ0n) is 11.8. The lowest BCUT2D eigenvalue weighted by Crippen LogP contribution is -1.95. The molecule has 0 amide bonds. The van der Waals surface area contributed by atoms with Crippen LogP contribution in [0.4, 0.5) is 0 Å². The molecular formula is C20H17N. The summed E-state index contributed by atoms with van der Waals surface area (Å²) < 4.78 is 0. The molecule has 21 heavy (non-hydrogen) atoms. The van der Waals surface area contributed by atoms with Gasteiger partial charge in [0, 0.05) is 6.54 Å². The van der Waals surface area contributed by atoms with Crippen molar-refractivity contribution in [1.29, 1.82) is 0 Å². The molecule has 1 aliphatic rings. The maximum atomic E-state index is 5.69. The van der Waals surface area contributed by atoms with E-state index in [2.05, 4.69) is 66.7 Å². The molecule has 0 saturated carbocycles. The molecule has 102 valence electrons. The van der Waals surface area contributed by atoms with Crippen LogP contribution in [0.2, 0.25) is 0 Å². The maximum Gasteiger partial charge on any atom is 0.0178 e. The maximum absolute atomic E-state index is 5.69. The highest BCUT2D eigenvalue weighted by Crippen LogP contribution is 2.41. The Bertz CT molecular complexity index is 800. The van der Waals surface area contributed by atoms with E-state index in [4.69, 9.17) is 5.73 Å². The standard InChI is InChI=1S/C20H17N/c21-13-14-8-10-15(11-9-14)17-6-3-7-19-18-5-2-1-4-16(18)12-20(17)19/h1-11H,12-13,21H2. The average molecular weight is 271 g/mol.